The van der Waals surface area contributed by atoms with Crippen molar-refractivity contribution in [1.29, 1.82) is 5.26 Å². The smallest absolute Gasteiger partial charge is 0.266 e. The average molecular weight is 341 g/mol. The number of hydrogen-bond donors (Lipinski definition) is 1. The van der Waals surface area contributed by atoms with E-state index in [1.807, 2.05) is 32.0 Å². The first-order valence-corrected chi connectivity index (χ1v) is 7.65. The average Bonchev–Trinajstić information content (AvgIpc) is 2.55. The lowest BCUT2D eigenvalue weighted by Gasteiger charge is -2.07. The van der Waals surface area contributed by atoms with E-state index in [0.29, 0.717) is 22.0 Å². The van der Waals surface area contributed by atoms with Gasteiger partial charge in [0.2, 0.25) is 0 Å². The molecule has 0 bridgehead atoms. The van der Waals surface area contributed by atoms with Gasteiger partial charge < -0.3 is 10.1 Å². The first-order chi connectivity index (χ1) is 11.4. The zero-order valence-electron chi connectivity index (χ0n) is 13.7. The molecule has 0 unspecified atom stereocenters. The van der Waals surface area contributed by atoms with Crippen molar-refractivity contribution in [2.75, 3.05) is 12.4 Å². The van der Waals surface area contributed by atoms with Crippen molar-refractivity contribution in [1.82, 2.24) is 0 Å². The van der Waals surface area contributed by atoms with Crippen molar-refractivity contribution in [3.63, 3.8) is 0 Å². The molecule has 0 spiro atoms. The Morgan fingerprint density at radius 3 is 2.58 bits per heavy atom. The number of anilines is 1. The topological polar surface area (TPSA) is 62.1 Å². The molecule has 2 rings (SSSR count). The molecule has 0 saturated heterocycles. The van der Waals surface area contributed by atoms with Gasteiger partial charge in [0, 0.05) is 10.7 Å². The second-order valence-electron chi connectivity index (χ2n) is 5.35. The van der Waals surface area contributed by atoms with Gasteiger partial charge in [-0.2, -0.15) is 5.26 Å². The number of carbonyl (C=O) groups excluding carboxylic acids is 1. The molecule has 0 radical (unpaired) electrons. The summed E-state index contributed by atoms with van der Waals surface area (Å²) in [5.41, 5.74) is 3.45. The third-order valence-electron chi connectivity index (χ3n) is 3.57. The summed E-state index contributed by atoms with van der Waals surface area (Å²) in [4.78, 5) is 12.3. The number of rotatable bonds is 4. The van der Waals surface area contributed by atoms with Crippen LogP contribution in [0.2, 0.25) is 5.02 Å². The van der Waals surface area contributed by atoms with Crippen LogP contribution in [0.5, 0.6) is 5.75 Å². The number of carbonyl (C=O) groups is 1. The van der Waals surface area contributed by atoms with Crippen molar-refractivity contribution >= 4 is 29.3 Å². The van der Waals surface area contributed by atoms with E-state index in [1.165, 1.54) is 13.2 Å². The van der Waals surface area contributed by atoms with E-state index < -0.39 is 5.91 Å². The normalized spacial score (nSPS) is 10.9. The number of nitrogens with zero attached hydrogens (tertiary/aromatic N) is 1. The summed E-state index contributed by atoms with van der Waals surface area (Å²) >= 11 is 6.00. The molecule has 0 aliphatic carbocycles. The Kier molecular flexibility index (Phi) is 5.62. The molecule has 122 valence electrons. The molecule has 0 fully saturated rings. The molecule has 0 saturated carbocycles. The van der Waals surface area contributed by atoms with Gasteiger partial charge in [0.15, 0.2) is 0 Å². The maximum absolute atomic E-state index is 12.3. The van der Waals surface area contributed by atoms with Gasteiger partial charge in [-0.25, -0.2) is 0 Å². The second-order valence-corrected chi connectivity index (χ2v) is 5.78. The number of benzene rings is 2. The maximum atomic E-state index is 12.3. The molecular formula is C19H17ClN2O2. The highest BCUT2D eigenvalue weighted by Crippen LogP contribution is 2.23. The van der Waals surface area contributed by atoms with Crippen molar-refractivity contribution in [3.05, 3.63) is 63.7 Å². The van der Waals surface area contributed by atoms with Crippen LogP contribution in [0.3, 0.4) is 0 Å². The van der Waals surface area contributed by atoms with E-state index in [1.54, 1.807) is 24.3 Å². The van der Waals surface area contributed by atoms with Crippen LogP contribution in [-0.4, -0.2) is 13.0 Å². The van der Waals surface area contributed by atoms with E-state index in [0.717, 1.165) is 11.1 Å². The third-order valence-corrected chi connectivity index (χ3v) is 3.79. The summed E-state index contributed by atoms with van der Waals surface area (Å²) in [5.74, 6) is 0.0836. The minimum Gasteiger partial charge on any atom is -0.497 e. The highest BCUT2D eigenvalue weighted by molar-refractivity contribution is 6.30. The fourth-order valence-electron chi connectivity index (χ4n) is 2.12. The van der Waals surface area contributed by atoms with Gasteiger partial charge in [0.05, 0.1) is 7.11 Å². The molecule has 0 aliphatic heterocycles. The number of nitriles is 1. The Labute approximate surface area is 146 Å². The summed E-state index contributed by atoms with van der Waals surface area (Å²) < 4.78 is 5.13. The fraction of sp³-hybridized carbons (Fsp3) is 0.158. The van der Waals surface area contributed by atoms with Crippen LogP contribution in [0.15, 0.2) is 42.0 Å². The van der Waals surface area contributed by atoms with Gasteiger partial charge in [0.1, 0.15) is 17.4 Å². The molecule has 1 amide bonds. The molecule has 0 heterocycles. The molecule has 0 aliphatic rings. The summed E-state index contributed by atoms with van der Waals surface area (Å²) in [6, 6.07) is 12.5. The van der Waals surface area contributed by atoms with Crippen molar-refractivity contribution in [3.8, 4) is 11.8 Å². The highest BCUT2D eigenvalue weighted by atomic mass is 35.5. The second kappa shape index (κ2) is 7.67. The van der Waals surface area contributed by atoms with Crippen molar-refractivity contribution in [2.45, 2.75) is 13.8 Å². The predicted molar refractivity (Wildman–Crippen MR) is 96.1 cm³/mol. The lowest BCUT2D eigenvalue weighted by molar-refractivity contribution is -0.112. The van der Waals surface area contributed by atoms with Gasteiger partial charge in [-0.3, -0.25) is 4.79 Å². The first-order valence-electron chi connectivity index (χ1n) is 7.28. The Morgan fingerprint density at radius 2 is 1.96 bits per heavy atom. The largest absolute Gasteiger partial charge is 0.497 e. The van der Waals surface area contributed by atoms with Crippen LogP contribution in [0.1, 0.15) is 16.7 Å². The predicted octanol–water partition coefficient (Wildman–Crippen LogP) is 4.51. The number of aryl methyl sites for hydroxylation is 2. The number of hydrogen-bond acceptors (Lipinski definition) is 3. The summed E-state index contributed by atoms with van der Waals surface area (Å²) in [6.07, 6.45) is 1.48. The quantitative estimate of drug-likeness (QED) is 0.658. The Morgan fingerprint density at radius 1 is 1.21 bits per heavy atom. The molecule has 0 aromatic heterocycles. The summed E-state index contributed by atoms with van der Waals surface area (Å²) in [6.45, 7) is 3.96. The van der Waals surface area contributed by atoms with Gasteiger partial charge in [-0.15, -0.1) is 0 Å². The SMILES string of the molecule is COc1cc(Cl)cc(/C=C(\C#N)C(=O)Nc2ccc(C)c(C)c2)c1. The molecule has 24 heavy (non-hydrogen) atoms. The van der Waals surface area contributed by atoms with Gasteiger partial charge >= 0.3 is 0 Å². The molecular weight excluding hydrogens is 324 g/mol. The molecule has 5 heteroatoms. The third kappa shape index (κ3) is 4.37. The summed E-state index contributed by atoms with van der Waals surface area (Å²) in [5, 5.41) is 12.5. The monoisotopic (exact) mass is 340 g/mol. The standard InChI is InChI=1S/C19H17ClN2O2/c1-12-4-5-17(6-13(12)2)22-19(23)15(11-21)7-14-8-16(20)10-18(9-14)24-3/h4-10H,1-3H3,(H,22,23)/b15-7+. The molecule has 0 atom stereocenters. The Hall–Kier alpha value is -2.77. The van der Waals surface area contributed by atoms with Crippen LogP contribution in [0, 0.1) is 25.2 Å². The van der Waals surface area contributed by atoms with Gasteiger partial charge in [-0.05, 0) is 66.9 Å². The van der Waals surface area contributed by atoms with Crippen LogP contribution in [0.4, 0.5) is 5.69 Å². The van der Waals surface area contributed by atoms with E-state index in [9.17, 15) is 10.1 Å². The van der Waals surface area contributed by atoms with Crippen LogP contribution >= 0.6 is 11.6 Å². The molecule has 4 nitrogen and oxygen atoms in total. The lowest BCUT2D eigenvalue weighted by atomic mass is 10.1. The van der Waals surface area contributed by atoms with Crippen molar-refractivity contribution < 1.29 is 9.53 Å². The van der Waals surface area contributed by atoms with Crippen LogP contribution in [0.25, 0.3) is 6.08 Å². The summed E-state index contributed by atoms with van der Waals surface area (Å²) in [7, 11) is 1.52. The molecule has 2 aromatic carbocycles. The Balaban J connectivity index is 2.27. The van der Waals surface area contributed by atoms with E-state index >= 15 is 0 Å². The van der Waals surface area contributed by atoms with Gasteiger partial charge in [-0.1, -0.05) is 17.7 Å². The van der Waals surface area contributed by atoms with Gasteiger partial charge in [0.25, 0.3) is 5.91 Å². The number of halogens is 1. The Bertz CT molecular complexity index is 851. The lowest BCUT2D eigenvalue weighted by Crippen LogP contribution is -2.13. The number of amides is 1. The van der Waals surface area contributed by atoms with Crippen molar-refractivity contribution in [2.24, 2.45) is 0 Å². The van der Waals surface area contributed by atoms with E-state index in [4.69, 9.17) is 16.3 Å². The molecule has 1 N–H and O–H groups in total. The minimum atomic E-state index is -0.473. The van der Waals surface area contributed by atoms with Crippen LogP contribution < -0.4 is 10.1 Å². The zero-order chi connectivity index (χ0) is 17.7. The minimum absolute atomic E-state index is 0.0162. The number of nitrogens with one attached hydrogen (secondary N) is 1. The molecule has 2 aromatic rings. The fourth-order valence-corrected chi connectivity index (χ4v) is 2.35. The maximum Gasteiger partial charge on any atom is 0.266 e. The zero-order valence-corrected chi connectivity index (χ0v) is 14.4. The highest BCUT2D eigenvalue weighted by Gasteiger charge is 2.10. The first kappa shape index (κ1) is 17.6. The van der Waals surface area contributed by atoms with E-state index in [2.05, 4.69) is 5.32 Å². The number of methoxy groups -OCH3 is 1. The number of ether oxygens (including phenoxy) is 1. The van der Waals surface area contributed by atoms with E-state index in [-0.39, 0.29) is 5.57 Å². The van der Waals surface area contributed by atoms with Crippen LogP contribution in [-0.2, 0) is 4.79 Å².